The molecule has 0 atom stereocenters. The van der Waals surface area contributed by atoms with E-state index in [1.54, 1.807) is 12.1 Å². The molecule has 2 aromatic rings. The Bertz CT molecular complexity index is 658. The van der Waals surface area contributed by atoms with Crippen molar-refractivity contribution < 1.29 is 4.39 Å². The fraction of sp³-hybridized carbons (Fsp3) is 0.133. The van der Waals surface area contributed by atoms with E-state index in [1.165, 1.54) is 6.07 Å². The molecule has 0 aromatic heterocycles. The van der Waals surface area contributed by atoms with Crippen LogP contribution in [-0.2, 0) is 0 Å². The fourth-order valence-electron chi connectivity index (χ4n) is 1.73. The number of aryl methyl sites for hydroxylation is 2. The van der Waals surface area contributed by atoms with Gasteiger partial charge in [-0.1, -0.05) is 17.7 Å². The van der Waals surface area contributed by atoms with Crippen molar-refractivity contribution >= 4 is 40.3 Å². The molecule has 0 aliphatic carbocycles. The van der Waals surface area contributed by atoms with Crippen LogP contribution >= 0.6 is 23.8 Å². The van der Waals surface area contributed by atoms with Gasteiger partial charge in [-0.3, -0.25) is 0 Å². The van der Waals surface area contributed by atoms with Crippen molar-refractivity contribution in [3.8, 4) is 0 Å². The van der Waals surface area contributed by atoms with Crippen molar-refractivity contribution in [3.63, 3.8) is 0 Å². The van der Waals surface area contributed by atoms with Crippen LogP contribution in [0.1, 0.15) is 11.1 Å². The molecule has 0 unspecified atom stereocenters. The number of nitrogens with one attached hydrogen (secondary N) is 2. The molecule has 2 aromatic carbocycles. The maximum absolute atomic E-state index is 13.7. The molecule has 2 nitrogen and oxygen atoms in total. The lowest BCUT2D eigenvalue weighted by Gasteiger charge is -2.12. The van der Waals surface area contributed by atoms with Gasteiger partial charge >= 0.3 is 0 Å². The van der Waals surface area contributed by atoms with E-state index >= 15 is 0 Å². The highest BCUT2D eigenvalue weighted by Crippen LogP contribution is 2.20. The molecule has 0 radical (unpaired) electrons. The summed E-state index contributed by atoms with van der Waals surface area (Å²) in [5.74, 6) is -0.332. The number of thiocarbonyl (C=S) groups is 1. The molecule has 2 N–H and O–H groups in total. The van der Waals surface area contributed by atoms with Gasteiger partial charge < -0.3 is 10.6 Å². The molecule has 104 valence electrons. The number of benzene rings is 2. The number of hydrogen-bond donors (Lipinski definition) is 2. The Kier molecular flexibility index (Phi) is 4.57. The molecule has 0 spiro atoms. The third-order valence-electron chi connectivity index (χ3n) is 2.79. The van der Waals surface area contributed by atoms with Gasteiger partial charge in [0, 0.05) is 10.7 Å². The van der Waals surface area contributed by atoms with Crippen LogP contribution in [0.25, 0.3) is 0 Å². The number of anilines is 2. The first-order valence-corrected chi connectivity index (χ1v) is 6.84. The zero-order chi connectivity index (χ0) is 14.7. The van der Waals surface area contributed by atoms with E-state index in [-0.39, 0.29) is 5.82 Å². The quantitative estimate of drug-likeness (QED) is 0.771. The van der Waals surface area contributed by atoms with Gasteiger partial charge in [0.05, 0.1) is 5.69 Å². The van der Waals surface area contributed by atoms with Gasteiger partial charge in [0.25, 0.3) is 0 Å². The van der Waals surface area contributed by atoms with Gasteiger partial charge in [0.2, 0.25) is 0 Å². The predicted octanol–water partition coefficient (Wildman–Crippen LogP) is 4.90. The second kappa shape index (κ2) is 6.20. The summed E-state index contributed by atoms with van der Waals surface area (Å²) < 4.78 is 13.7. The van der Waals surface area contributed by atoms with Crippen LogP contribution in [0.2, 0.25) is 5.02 Å². The minimum absolute atomic E-state index is 0.328. The van der Waals surface area contributed by atoms with Crippen molar-refractivity contribution in [2.75, 3.05) is 10.6 Å². The molecule has 0 saturated carbocycles. The van der Waals surface area contributed by atoms with E-state index in [1.807, 2.05) is 32.0 Å². The Morgan fingerprint density at radius 1 is 1.10 bits per heavy atom. The predicted molar refractivity (Wildman–Crippen MR) is 87.2 cm³/mol. The molecule has 0 aliphatic rings. The van der Waals surface area contributed by atoms with Crippen LogP contribution in [-0.4, -0.2) is 5.11 Å². The summed E-state index contributed by atoms with van der Waals surface area (Å²) in [7, 11) is 0. The third kappa shape index (κ3) is 3.68. The average molecular weight is 309 g/mol. The summed E-state index contributed by atoms with van der Waals surface area (Å²) in [5, 5.41) is 6.85. The lowest BCUT2D eigenvalue weighted by Crippen LogP contribution is -2.19. The van der Waals surface area contributed by atoms with Gasteiger partial charge in [0.1, 0.15) is 5.82 Å². The Labute approximate surface area is 128 Å². The second-order valence-electron chi connectivity index (χ2n) is 4.53. The lowest BCUT2D eigenvalue weighted by molar-refractivity contribution is 0.631. The van der Waals surface area contributed by atoms with Gasteiger partial charge in [-0.2, -0.15) is 0 Å². The van der Waals surface area contributed by atoms with Crippen LogP contribution in [0.3, 0.4) is 0 Å². The summed E-state index contributed by atoms with van der Waals surface area (Å²) >= 11 is 11.1. The first-order chi connectivity index (χ1) is 9.45. The minimum Gasteiger partial charge on any atom is -0.332 e. The fourth-order valence-corrected chi connectivity index (χ4v) is 2.07. The largest absolute Gasteiger partial charge is 0.332 e. The highest BCUT2D eigenvalue weighted by molar-refractivity contribution is 7.80. The molecular formula is C15H14ClFN2S. The summed E-state index contributed by atoms with van der Waals surface area (Å²) in [6, 6.07) is 10.4. The molecule has 0 heterocycles. The lowest BCUT2D eigenvalue weighted by atomic mass is 10.2. The normalized spacial score (nSPS) is 10.2. The highest BCUT2D eigenvalue weighted by Gasteiger charge is 2.05. The molecule has 20 heavy (non-hydrogen) atoms. The van der Waals surface area contributed by atoms with Gasteiger partial charge in [-0.05, 0) is 67.5 Å². The zero-order valence-corrected chi connectivity index (χ0v) is 12.7. The highest BCUT2D eigenvalue weighted by atomic mass is 35.5. The average Bonchev–Trinajstić information content (AvgIpc) is 2.37. The van der Waals surface area contributed by atoms with E-state index < -0.39 is 0 Å². The Hall–Kier alpha value is -1.65. The van der Waals surface area contributed by atoms with E-state index in [2.05, 4.69) is 10.6 Å². The molecule has 0 fully saturated rings. The molecular weight excluding hydrogens is 295 g/mol. The first kappa shape index (κ1) is 14.8. The molecule has 2 rings (SSSR count). The van der Waals surface area contributed by atoms with Crippen molar-refractivity contribution in [1.29, 1.82) is 0 Å². The summed E-state index contributed by atoms with van der Waals surface area (Å²) in [5.41, 5.74) is 2.96. The second-order valence-corrected chi connectivity index (χ2v) is 5.34. The van der Waals surface area contributed by atoms with Crippen LogP contribution in [0.4, 0.5) is 15.8 Å². The number of hydrogen-bond acceptors (Lipinski definition) is 1. The zero-order valence-electron chi connectivity index (χ0n) is 11.1. The van der Waals surface area contributed by atoms with Crippen molar-refractivity contribution in [2.24, 2.45) is 0 Å². The van der Waals surface area contributed by atoms with Crippen LogP contribution in [0, 0.1) is 19.7 Å². The summed E-state index contributed by atoms with van der Waals surface area (Å²) in [6.07, 6.45) is 0. The smallest absolute Gasteiger partial charge is 0.175 e. The maximum Gasteiger partial charge on any atom is 0.175 e. The minimum atomic E-state index is -0.332. The molecule has 0 amide bonds. The molecule has 0 bridgehead atoms. The van der Waals surface area contributed by atoms with E-state index in [4.69, 9.17) is 23.8 Å². The Morgan fingerprint density at radius 3 is 2.50 bits per heavy atom. The standard InChI is InChI=1S/C15H14ClFN2S/c1-9-3-6-14(13(17)7-9)19-15(20)18-11-4-5-12(16)10(2)8-11/h3-8H,1-2H3,(H2,18,19,20). The van der Waals surface area contributed by atoms with Crippen molar-refractivity contribution in [1.82, 2.24) is 0 Å². The van der Waals surface area contributed by atoms with Gasteiger partial charge in [0.15, 0.2) is 5.11 Å². The van der Waals surface area contributed by atoms with Gasteiger partial charge in [-0.15, -0.1) is 0 Å². The Balaban J connectivity index is 2.07. The van der Waals surface area contributed by atoms with Crippen LogP contribution in [0.15, 0.2) is 36.4 Å². The SMILES string of the molecule is Cc1ccc(NC(=S)Nc2ccc(Cl)c(C)c2)c(F)c1. The molecule has 5 heteroatoms. The molecule has 0 saturated heterocycles. The van der Waals surface area contributed by atoms with Crippen molar-refractivity contribution in [3.05, 3.63) is 58.4 Å². The summed E-state index contributed by atoms with van der Waals surface area (Å²) in [6.45, 7) is 3.74. The summed E-state index contributed by atoms with van der Waals surface area (Å²) in [4.78, 5) is 0. The number of rotatable bonds is 2. The monoisotopic (exact) mass is 308 g/mol. The maximum atomic E-state index is 13.7. The topological polar surface area (TPSA) is 24.1 Å². The van der Waals surface area contributed by atoms with E-state index in [0.717, 1.165) is 16.8 Å². The first-order valence-electron chi connectivity index (χ1n) is 6.06. The molecule has 0 aliphatic heterocycles. The van der Waals surface area contributed by atoms with E-state index in [0.29, 0.717) is 15.8 Å². The Morgan fingerprint density at radius 2 is 1.85 bits per heavy atom. The third-order valence-corrected chi connectivity index (χ3v) is 3.42. The van der Waals surface area contributed by atoms with Gasteiger partial charge in [-0.25, -0.2) is 4.39 Å². The van der Waals surface area contributed by atoms with Crippen LogP contribution < -0.4 is 10.6 Å². The number of halogens is 2. The van der Waals surface area contributed by atoms with Crippen LogP contribution in [0.5, 0.6) is 0 Å². The van der Waals surface area contributed by atoms with Crippen molar-refractivity contribution in [2.45, 2.75) is 13.8 Å². The van der Waals surface area contributed by atoms with E-state index in [9.17, 15) is 4.39 Å².